The Morgan fingerprint density at radius 1 is 1.05 bits per heavy atom. The van der Waals surface area contributed by atoms with Gasteiger partial charge in [0.15, 0.2) is 5.43 Å². The highest BCUT2D eigenvalue weighted by Crippen LogP contribution is 2.20. The van der Waals surface area contributed by atoms with Crippen molar-refractivity contribution in [2.24, 2.45) is 0 Å². The molecule has 3 aromatic rings. The van der Waals surface area contributed by atoms with E-state index >= 15 is 0 Å². The summed E-state index contributed by atoms with van der Waals surface area (Å²) in [6, 6.07) is 15.8. The third-order valence-corrected chi connectivity index (χ3v) is 4.16. The van der Waals surface area contributed by atoms with Gasteiger partial charge >= 0.3 is 0 Å². The molecular formula is C18H15BrO2. The van der Waals surface area contributed by atoms with Crippen molar-refractivity contribution in [1.29, 1.82) is 0 Å². The molecule has 3 heteroatoms. The topological polar surface area (TPSA) is 30.2 Å². The van der Waals surface area contributed by atoms with Gasteiger partial charge in [-0.25, -0.2) is 0 Å². The Morgan fingerprint density at radius 2 is 1.81 bits per heavy atom. The molecule has 0 saturated carbocycles. The molecule has 0 saturated heterocycles. The second-order valence-electron chi connectivity index (χ2n) is 5.11. The maximum atomic E-state index is 12.4. The Balaban J connectivity index is 1.98. The predicted octanol–water partition coefficient (Wildman–Crippen LogP) is 4.65. The van der Waals surface area contributed by atoms with Gasteiger partial charge in [0.25, 0.3) is 0 Å². The normalized spacial score (nSPS) is 11.0. The summed E-state index contributed by atoms with van der Waals surface area (Å²) in [5, 5.41) is 0.630. The van der Waals surface area contributed by atoms with E-state index in [-0.39, 0.29) is 5.43 Å². The SMILES string of the molecule is Cc1c(CCc2ccccc2)oc2ccc(Br)cc2c1=O. The van der Waals surface area contributed by atoms with Gasteiger partial charge in [0.05, 0.1) is 5.39 Å². The number of rotatable bonds is 3. The van der Waals surface area contributed by atoms with Crippen LogP contribution in [0.3, 0.4) is 0 Å². The molecule has 0 radical (unpaired) electrons. The molecule has 0 spiro atoms. The molecule has 0 aliphatic heterocycles. The van der Waals surface area contributed by atoms with Crippen molar-refractivity contribution in [2.75, 3.05) is 0 Å². The van der Waals surface area contributed by atoms with Crippen molar-refractivity contribution in [2.45, 2.75) is 19.8 Å². The Hall–Kier alpha value is -1.87. The lowest BCUT2D eigenvalue weighted by atomic mass is 10.0. The lowest BCUT2D eigenvalue weighted by molar-refractivity contribution is 0.528. The minimum Gasteiger partial charge on any atom is -0.461 e. The molecule has 0 atom stereocenters. The lowest BCUT2D eigenvalue weighted by Gasteiger charge is -2.07. The molecule has 0 amide bonds. The Morgan fingerprint density at radius 3 is 2.57 bits per heavy atom. The van der Waals surface area contributed by atoms with E-state index in [1.165, 1.54) is 5.56 Å². The zero-order valence-corrected chi connectivity index (χ0v) is 13.3. The number of fused-ring (bicyclic) bond motifs is 1. The highest BCUT2D eigenvalue weighted by molar-refractivity contribution is 9.10. The second kappa shape index (κ2) is 5.86. The van der Waals surface area contributed by atoms with Crippen LogP contribution < -0.4 is 5.43 Å². The van der Waals surface area contributed by atoms with Gasteiger partial charge in [-0.05, 0) is 37.1 Å². The Bertz CT molecular complexity index is 835. The van der Waals surface area contributed by atoms with Crippen LogP contribution >= 0.6 is 15.9 Å². The fourth-order valence-corrected chi connectivity index (χ4v) is 2.81. The lowest BCUT2D eigenvalue weighted by Crippen LogP contribution is -2.10. The van der Waals surface area contributed by atoms with Crippen molar-refractivity contribution in [3.8, 4) is 0 Å². The third-order valence-electron chi connectivity index (χ3n) is 3.66. The highest BCUT2D eigenvalue weighted by Gasteiger charge is 2.11. The summed E-state index contributed by atoms with van der Waals surface area (Å²) in [6.45, 7) is 1.84. The van der Waals surface area contributed by atoms with Crippen LogP contribution in [-0.4, -0.2) is 0 Å². The van der Waals surface area contributed by atoms with Crippen LogP contribution in [0.25, 0.3) is 11.0 Å². The molecule has 3 rings (SSSR count). The van der Waals surface area contributed by atoms with Crippen LogP contribution in [0.4, 0.5) is 0 Å². The molecule has 2 nitrogen and oxygen atoms in total. The number of hydrogen-bond donors (Lipinski definition) is 0. The highest BCUT2D eigenvalue weighted by atomic mass is 79.9. The first kappa shape index (κ1) is 14.1. The minimum absolute atomic E-state index is 0.0561. The van der Waals surface area contributed by atoms with Crippen molar-refractivity contribution in [1.82, 2.24) is 0 Å². The van der Waals surface area contributed by atoms with Crippen molar-refractivity contribution in [3.63, 3.8) is 0 Å². The molecule has 106 valence electrons. The van der Waals surface area contributed by atoms with E-state index < -0.39 is 0 Å². The molecule has 0 unspecified atom stereocenters. The van der Waals surface area contributed by atoms with Gasteiger partial charge in [-0.3, -0.25) is 4.79 Å². The monoisotopic (exact) mass is 342 g/mol. The van der Waals surface area contributed by atoms with E-state index in [2.05, 4.69) is 28.1 Å². The van der Waals surface area contributed by atoms with Gasteiger partial charge in [0.1, 0.15) is 11.3 Å². The van der Waals surface area contributed by atoms with Gasteiger partial charge in [-0.2, -0.15) is 0 Å². The van der Waals surface area contributed by atoms with E-state index in [4.69, 9.17) is 4.42 Å². The maximum absolute atomic E-state index is 12.4. The largest absolute Gasteiger partial charge is 0.461 e. The average Bonchev–Trinajstić information content (AvgIpc) is 2.51. The van der Waals surface area contributed by atoms with E-state index in [9.17, 15) is 4.79 Å². The second-order valence-corrected chi connectivity index (χ2v) is 6.02. The minimum atomic E-state index is 0.0561. The van der Waals surface area contributed by atoms with Crippen LogP contribution in [0.5, 0.6) is 0 Å². The predicted molar refractivity (Wildman–Crippen MR) is 88.8 cm³/mol. The van der Waals surface area contributed by atoms with Crippen molar-refractivity contribution in [3.05, 3.63) is 80.1 Å². The number of halogens is 1. The van der Waals surface area contributed by atoms with Gasteiger partial charge in [-0.1, -0.05) is 46.3 Å². The number of aryl methyl sites for hydroxylation is 2. The summed E-state index contributed by atoms with van der Waals surface area (Å²) >= 11 is 3.39. The first-order valence-corrected chi connectivity index (χ1v) is 7.70. The molecule has 0 fully saturated rings. The van der Waals surface area contributed by atoms with Crippen molar-refractivity contribution >= 4 is 26.9 Å². The molecule has 2 aromatic carbocycles. The van der Waals surface area contributed by atoms with Gasteiger partial charge < -0.3 is 4.42 Å². The van der Waals surface area contributed by atoms with Crippen LogP contribution in [0.1, 0.15) is 16.9 Å². The Labute approximate surface area is 131 Å². The number of hydrogen-bond acceptors (Lipinski definition) is 2. The van der Waals surface area contributed by atoms with E-state index in [1.54, 1.807) is 0 Å². The van der Waals surface area contributed by atoms with Crippen LogP contribution in [-0.2, 0) is 12.8 Å². The summed E-state index contributed by atoms with van der Waals surface area (Å²) in [5.74, 6) is 0.777. The molecule has 0 aliphatic carbocycles. The summed E-state index contributed by atoms with van der Waals surface area (Å²) in [6.07, 6.45) is 1.60. The van der Waals surface area contributed by atoms with Gasteiger partial charge in [0, 0.05) is 16.5 Å². The fourth-order valence-electron chi connectivity index (χ4n) is 2.45. The molecule has 21 heavy (non-hydrogen) atoms. The smallest absolute Gasteiger partial charge is 0.195 e. The summed E-state index contributed by atoms with van der Waals surface area (Å²) in [7, 11) is 0. The van der Waals surface area contributed by atoms with E-state index in [0.29, 0.717) is 16.5 Å². The van der Waals surface area contributed by atoms with Crippen molar-refractivity contribution < 1.29 is 4.42 Å². The molecule has 0 aliphatic rings. The summed E-state index contributed by atoms with van der Waals surface area (Å²) in [4.78, 5) is 12.4. The Kier molecular flexibility index (Phi) is 3.93. The van der Waals surface area contributed by atoms with E-state index in [1.807, 2.05) is 43.3 Å². The zero-order chi connectivity index (χ0) is 14.8. The van der Waals surface area contributed by atoms with E-state index in [0.717, 1.165) is 23.1 Å². The summed E-state index contributed by atoms with van der Waals surface area (Å²) in [5.41, 5.74) is 2.66. The van der Waals surface area contributed by atoms with Crippen LogP contribution in [0.15, 0.2) is 62.2 Å². The standard InChI is InChI=1S/C18H15BrO2/c1-12-16(9-7-13-5-3-2-4-6-13)21-17-10-8-14(19)11-15(17)18(12)20/h2-6,8,10-11H,7,9H2,1H3. The quantitative estimate of drug-likeness (QED) is 0.693. The van der Waals surface area contributed by atoms with Crippen LogP contribution in [0.2, 0.25) is 0 Å². The fraction of sp³-hybridized carbons (Fsp3) is 0.167. The molecule has 1 heterocycles. The molecule has 0 bridgehead atoms. The van der Waals surface area contributed by atoms with Gasteiger partial charge in [0.2, 0.25) is 0 Å². The van der Waals surface area contributed by atoms with Gasteiger partial charge in [-0.15, -0.1) is 0 Å². The van der Waals surface area contributed by atoms with Crippen LogP contribution in [0, 0.1) is 6.92 Å². The molecule has 0 N–H and O–H groups in total. The number of benzene rings is 2. The molecule has 1 aromatic heterocycles. The summed E-state index contributed by atoms with van der Waals surface area (Å²) < 4.78 is 6.82. The first-order valence-electron chi connectivity index (χ1n) is 6.91. The third kappa shape index (κ3) is 2.93. The average molecular weight is 343 g/mol. The molecular weight excluding hydrogens is 328 g/mol. The first-order chi connectivity index (χ1) is 10.1. The zero-order valence-electron chi connectivity index (χ0n) is 11.7. The maximum Gasteiger partial charge on any atom is 0.195 e.